The van der Waals surface area contributed by atoms with Crippen molar-refractivity contribution in [3.8, 4) is 0 Å². The van der Waals surface area contributed by atoms with Crippen LogP contribution in [0.3, 0.4) is 0 Å². The van der Waals surface area contributed by atoms with Crippen molar-refractivity contribution in [2.75, 3.05) is 0 Å². The third-order valence-corrected chi connectivity index (χ3v) is 2.48. The van der Waals surface area contributed by atoms with Gasteiger partial charge in [-0.15, -0.1) is 0 Å². The van der Waals surface area contributed by atoms with E-state index in [2.05, 4.69) is 15.6 Å². The van der Waals surface area contributed by atoms with E-state index in [9.17, 15) is 9.59 Å². The van der Waals surface area contributed by atoms with E-state index in [4.69, 9.17) is 0 Å². The molecule has 0 aromatic carbocycles. The third kappa shape index (κ3) is 4.53. The Hall–Kier alpha value is -1.91. The Morgan fingerprint density at radius 2 is 2.06 bits per heavy atom. The number of hydrogen-bond donors (Lipinski definition) is 2. The Balaban J connectivity index is 2.54. The molecule has 1 aromatic heterocycles. The van der Waals surface area contributed by atoms with Gasteiger partial charge in [0, 0.05) is 13.1 Å². The van der Waals surface area contributed by atoms with Crippen molar-refractivity contribution in [3.63, 3.8) is 0 Å². The highest BCUT2D eigenvalue weighted by Crippen LogP contribution is 2.02. The van der Waals surface area contributed by atoms with Crippen LogP contribution in [-0.4, -0.2) is 22.8 Å². The first-order valence-electron chi connectivity index (χ1n) is 5.95. The maximum atomic E-state index is 11.9. The van der Waals surface area contributed by atoms with Gasteiger partial charge in [0.25, 0.3) is 0 Å². The van der Waals surface area contributed by atoms with Crippen molar-refractivity contribution in [2.24, 2.45) is 5.92 Å². The maximum Gasteiger partial charge on any atom is 0.243 e. The summed E-state index contributed by atoms with van der Waals surface area (Å²) in [4.78, 5) is 27.1. The van der Waals surface area contributed by atoms with Crippen LogP contribution in [0.1, 0.15) is 26.5 Å². The lowest BCUT2D eigenvalue weighted by Gasteiger charge is -2.20. The second kappa shape index (κ2) is 6.74. The molecule has 1 heterocycles. The summed E-state index contributed by atoms with van der Waals surface area (Å²) in [6.45, 7) is 5.55. The highest BCUT2D eigenvalue weighted by molar-refractivity contribution is 5.86. The topological polar surface area (TPSA) is 71.1 Å². The zero-order valence-corrected chi connectivity index (χ0v) is 10.9. The molecule has 0 fully saturated rings. The number of amides is 2. The van der Waals surface area contributed by atoms with E-state index in [-0.39, 0.29) is 17.7 Å². The van der Waals surface area contributed by atoms with Crippen LogP contribution >= 0.6 is 0 Å². The first kappa shape index (κ1) is 14.2. The van der Waals surface area contributed by atoms with E-state index < -0.39 is 6.04 Å². The number of rotatable bonds is 5. The Labute approximate surface area is 107 Å². The highest BCUT2D eigenvalue weighted by atomic mass is 16.2. The molecule has 0 aliphatic rings. The number of carbonyl (C=O) groups excluding carboxylic acids is 2. The molecule has 18 heavy (non-hydrogen) atoms. The summed E-state index contributed by atoms with van der Waals surface area (Å²) >= 11 is 0. The van der Waals surface area contributed by atoms with Crippen LogP contribution in [0.15, 0.2) is 24.4 Å². The van der Waals surface area contributed by atoms with Gasteiger partial charge in [0.2, 0.25) is 11.8 Å². The summed E-state index contributed by atoms with van der Waals surface area (Å²) in [6, 6.07) is 5.01. The van der Waals surface area contributed by atoms with Crippen LogP contribution in [0.25, 0.3) is 0 Å². The van der Waals surface area contributed by atoms with Gasteiger partial charge in [-0.25, -0.2) is 0 Å². The monoisotopic (exact) mass is 249 g/mol. The van der Waals surface area contributed by atoms with Gasteiger partial charge in [0.1, 0.15) is 6.04 Å². The molecule has 2 amide bonds. The van der Waals surface area contributed by atoms with Crippen LogP contribution in [-0.2, 0) is 16.1 Å². The van der Waals surface area contributed by atoms with Crippen LogP contribution in [0.4, 0.5) is 0 Å². The molecule has 1 aromatic rings. The number of pyridine rings is 1. The predicted molar refractivity (Wildman–Crippen MR) is 68.5 cm³/mol. The van der Waals surface area contributed by atoms with Crippen molar-refractivity contribution in [2.45, 2.75) is 33.4 Å². The second-order valence-corrected chi connectivity index (χ2v) is 4.46. The van der Waals surface area contributed by atoms with Crippen LogP contribution in [0.5, 0.6) is 0 Å². The molecule has 1 rings (SSSR count). The van der Waals surface area contributed by atoms with Gasteiger partial charge in [-0.3, -0.25) is 14.6 Å². The molecule has 0 radical (unpaired) electrons. The molecule has 0 spiro atoms. The van der Waals surface area contributed by atoms with Crippen molar-refractivity contribution in [1.29, 1.82) is 0 Å². The molecule has 5 nitrogen and oxygen atoms in total. The summed E-state index contributed by atoms with van der Waals surface area (Å²) in [5, 5.41) is 5.41. The Morgan fingerprint density at radius 1 is 1.33 bits per heavy atom. The average Bonchev–Trinajstić information content (AvgIpc) is 2.34. The summed E-state index contributed by atoms with van der Waals surface area (Å²) < 4.78 is 0. The minimum absolute atomic E-state index is 0.0395. The van der Waals surface area contributed by atoms with Crippen LogP contribution < -0.4 is 10.6 Å². The zero-order chi connectivity index (χ0) is 13.5. The fourth-order valence-electron chi connectivity index (χ4n) is 1.54. The number of nitrogens with one attached hydrogen (secondary N) is 2. The molecule has 5 heteroatoms. The zero-order valence-electron chi connectivity index (χ0n) is 10.9. The van der Waals surface area contributed by atoms with Gasteiger partial charge in [0.05, 0.1) is 12.2 Å². The molecule has 0 bridgehead atoms. The molecular formula is C13H19N3O2. The summed E-state index contributed by atoms with van der Waals surface area (Å²) in [7, 11) is 0. The maximum absolute atomic E-state index is 11.9. The lowest BCUT2D eigenvalue weighted by Crippen LogP contribution is -2.48. The Bertz CT molecular complexity index is 404. The first-order chi connectivity index (χ1) is 8.50. The fraction of sp³-hybridized carbons (Fsp3) is 0.462. The van der Waals surface area contributed by atoms with E-state index >= 15 is 0 Å². The summed E-state index contributed by atoms with van der Waals surface area (Å²) in [5.74, 6) is -0.356. The normalized spacial score (nSPS) is 12.0. The Morgan fingerprint density at radius 3 is 2.56 bits per heavy atom. The molecule has 1 atom stereocenters. The lowest BCUT2D eigenvalue weighted by atomic mass is 10.0. The van der Waals surface area contributed by atoms with E-state index in [0.717, 1.165) is 5.69 Å². The second-order valence-electron chi connectivity index (χ2n) is 4.46. The number of aromatic nitrogens is 1. The van der Waals surface area contributed by atoms with Crippen molar-refractivity contribution < 1.29 is 9.59 Å². The molecule has 0 saturated carbocycles. The van der Waals surface area contributed by atoms with Crippen LogP contribution in [0.2, 0.25) is 0 Å². The minimum Gasteiger partial charge on any atom is -0.349 e. The first-order valence-corrected chi connectivity index (χ1v) is 5.95. The number of carbonyl (C=O) groups is 2. The molecular weight excluding hydrogens is 230 g/mol. The van der Waals surface area contributed by atoms with Crippen LogP contribution in [0, 0.1) is 5.92 Å². The summed E-state index contributed by atoms with van der Waals surface area (Å²) in [5.41, 5.74) is 0.788. The van der Waals surface area contributed by atoms with Crippen molar-refractivity contribution in [1.82, 2.24) is 15.6 Å². The average molecular weight is 249 g/mol. The van der Waals surface area contributed by atoms with Gasteiger partial charge in [-0.05, 0) is 18.1 Å². The quantitative estimate of drug-likeness (QED) is 0.813. The van der Waals surface area contributed by atoms with Gasteiger partial charge < -0.3 is 10.6 Å². The van der Waals surface area contributed by atoms with Gasteiger partial charge in [-0.2, -0.15) is 0 Å². The van der Waals surface area contributed by atoms with E-state index in [0.29, 0.717) is 6.54 Å². The van der Waals surface area contributed by atoms with E-state index in [1.807, 2.05) is 32.0 Å². The number of hydrogen-bond acceptors (Lipinski definition) is 3. The molecule has 0 unspecified atom stereocenters. The standard InChI is InChI=1S/C13H19N3O2/c1-9(2)12(16-10(3)17)13(18)15-8-11-6-4-5-7-14-11/h4-7,9,12H,8H2,1-3H3,(H,15,18)(H,16,17)/t12-/m0/s1. The molecule has 0 aliphatic carbocycles. The largest absolute Gasteiger partial charge is 0.349 e. The highest BCUT2D eigenvalue weighted by Gasteiger charge is 2.22. The predicted octanol–water partition coefficient (Wildman–Crippen LogP) is 0.858. The Kier molecular flexibility index (Phi) is 5.30. The van der Waals surface area contributed by atoms with Gasteiger partial charge >= 0.3 is 0 Å². The summed E-state index contributed by atoms with van der Waals surface area (Å²) in [6.07, 6.45) is 1.68. The van der Waals surface area contributed by atoms with Gasteiger partial charge in [-0.1, -0.05) is 19.9 Å². The van der Waals surface area contributed by atoms with E-state index in [1.165, 1.54) is 6.92 Å². The van der Waals surface area contributed by atoms with Gasteiger partial charge in [0.15, 0.2) is 0 Å². The number of nitrogens with zero attached hydrogens (tertiary/aromatic N) is 1. The van der Waals surface area contributed by atoms with E-state index in [1.54, 1.807) is 6.20 Å². The molecule has 0 aliphatic heterocycles. The minimum atomic E-state index is -0.508. The van der Waals surface area contributed by atoms with Crippen molar-refractivity contribution in [3.05, 3.63) is 30.1 Å². The SMILES string of the molecule is CC(=O)N[C@H](C(=O)NCc1ccccn1)C(C)C. The third-order valence-electron chi connectivity index (χ3n) is 2.48. The fourth-order valence-corrected chi connectivity index (χ4v) is 1.54. The molecule has 0 saturated heterocycles. The molecule has 2 N–H and O–H groups in total. The lowest BCUT2D eigenvalue weighted by molar-refractivity contribution is -0.129. The van der Waals surface area contributed by atoms with Crippen molar-refractivity contribution >= 4 is 11.8 Å². The smallest absolute Gasteiger partial charge is 0.243 e. The molecule has 98 valence electrons.